The van der Waals surface area contributed by atoms with Crippen molar-refractivity contribution in [3.05, 3.63) is 71.4 Å². The standard InChI is InChI=1S/C23H20FN3O2S/c24-16-7-8-20-15(11-16)12-18(29-20)13-17-5-2-4-10-27(17)23(28)21-22(30-14-26-21)19-6-1-3-9-25-19/h1,3,6-9,11-12,14,17H,2,4-5,10,13H2/t17-/m0/s1. The number of carbonyl (C=O) groups is 1. The third kappa shape index (κ3) is 3.61. The molecule has 5 rings (SSSR count). The van der Waals surface area contributed by atoms with Gasteiger partial charge in [-0.2, -0.15) is 0 Å². The molecule has 30 heavy (non-hydrogen) atoms. The van der Waals surface area contributed by atoms with E-state index in [1.165, 1.54) is 23.5 Å². The average Bonchev–Trinajstić information content (AvgIpc) is 3.41. The molecular formula is C23H20FN3O2S. The number of aromatic nitrogens is 2. The van der Waals surface area contributed by atoms with Crippen LogP contribution in [0, 0.1) is 5.82 Å². The van der Waals surface area contributed by atoms with E-state index >= 15 is 0 Å². The van der Waals surface area contributed by atoms with Crippen LogP contribution in [0.2, 0.25) is 0 Å². The predicted molar refractivity (Wildman–Crippen MR) is 114 cm³/mol. The Bertz CT molecular complexity index is 1190. The second-order valence-electron chi connectivity index (χ2n) is 7.49. The summed E-state index contributed by atoms with van der Waals surface area (Å²) in [5.74, 6) is 0.419. The Kier molecular flexibility index (Phi) is 5.04. The lowest BCUT2D eigenvalue weighted by molar-refractivity contribution is 0.0603. The number of hydrogen-bond donors (Lipinski definition) is 0. The molecule has 0 unspecified atom stereocenters. The number of piperidine rings is 1. The zero-order valence-electron chi connectivity index (χ0n) is 16.3. The van der Waals surface area contributed by atoms with Crippen molar-refractivity contribution in [1.82, 2.24) is 14.9 Å². The Morgan fingerprint density at radius 3 is 3.00 bits per heavy atom. The molecule has 1 aromatic carbocycles. The zero-order valence-corrected chi connectivity index (χ0v) is 17.1. The van der Waals surface area contributed by atoms with Crippen LogP contribution >= 0.6 is 11.3 Å². The molecule has 4 aromatic rings. The van der Waals surface area contributed by atoms with Crippen molar-refractivity contribution in [1.29, 1.82) is 0 Å². The fraction of sp³-hybridized carbons (Fsp3) is 0.261. The van der Waals surface area contributed by atoms with Gasteiger partial charge in [0, 0.05) is 30.6 Å². The van der Waals surface area contributed by atoms with Gasteiger partial charge in [-0.15, -0.1) is 11.3 Å². The molecule has 0 N–H and O–H groups in total. The molecule has 4 heterocycles. The second kappa shape index (κ2) is 7.99. The molecule has 1 saturated heterocycles. The molecule has 7 heteroatoms. The molecule has 1 atom stereocenters. The van der Waals surface area contributed by atoms with Gasteiger partial charge in [-0.1, -0.05) is 6.07 Å². The van der Waals surface area contributed by atoms with E-state index in [0.717, 1.165) is 41.0 Å². The molecule has 1 aliphatic rings. The highest BCUT2D eigenvalue weighted by Crippen LogP contribution is 2.30. The van der Waals surface area contributed by atoms with Crippen LogP contribution in [-0.2, 0) is 6.42 Å². The summed E-state index contributed by atoms with van der Waals surface area (Å²) in [5, 5.41) is 0.746. The van der Waals surface area contributed by atoms with Gasteiger partial charge in [0.25, 0.3) is 5.91 Å². The first-order chi connectivity index (χ1) is 14.7. The molecule has 0 spiro atoms. The SMILES string of the molecule is O=C(c1ncsc1-c1ccccn1)N1CCCC[C@H]1Cc1cc2cc(F)ccc2o1. The normalized spacial score (nSPS) is 16.8. The number of likely N-dealkylation sites (tertiary alicyclic amines) is 1. The minimum absolute atomic E-state index is 0.0231. The Morgan fingerprint density at radius 1 is 1.20 bits per heavy atom. The maximum absolute atomic E-state index is 13.5. The predicted octanol–water partition coefficient (Wildman–Crippen LogP) is 5.33. The summed E-state index contributed by atoms with van der Waals surface area (Å²) < 4.78 is 19.4. The number of benzene rings is 1. The Morgan fingerprint density at radius 2 is 2.13 bits per heavy atom. The van der Waals surface area contributed by atoms with Crippen molar-refractivity contribution in [2.45, 2.75) is 31.7 Å². The van der Waals surface area contributed by atoms with E-state index in [9.17, 15) is 9.18 Å². The summed E-state index contributed by atoms with van der Waals surface area (Å²) in [4.78, 5) is 24.9. The van der Waals surface area contributed by atoms with E-state index in [1.807, 2.05) is 29.2 Å². The molecule has 5 nitrogen and oxygen atoms in total. The molecule has 0 bridgehead atoms. The lowest BCUT2D eigenvalue weighted by Gasteiger charge is -2.35. The van der Waals surface area contributed by atoms with E-state index in [-0.39, 0.29) is 17.8 Å². The number of halogens is 1. The van der Waals surface area contributed by atoms with E-state index in [4.69, 9.17) is 4.42 Å². The number of pyridine rings is 1. The van der Waals surface area contributed by atoms with Crippen LogP contribution in [0.5, 0.6) is 0 Å². The van der Waals surface area contributed by atoms with E-state index in [2.05, 4.69) is 9.97 Å². The highest BCUT2D eigenvalue weighted by molar-refractivity contribution is 7.13. The molecule has 0 aliphatic carbocycles. The number of rotatable bonds is 4. The van der Waals surface area contributed by atoms with Crippen molar-refractivity contribution >= 4 is 28.2 Å². The zero-order chi connectivity index (χ0) is 20.5. The summed E-state index contributed by atoms with van der Waals surface area (Å²) in [6.07, 6.45) is 5.26. The van der Waals surface area contributed by atoms with Gasteiger partial charge in [0.1, 0.15) is 22.9 Å². The van der Waals surface area contributed by atoms with Crippen LogP contribution in [0.1, 0.15) is 35.5 Å². The minimum atomic E-state index is -0.282. The van der Waals surface area contributed by atoms with Crippen LogP contribution in [-0.4, -0.2) is 33.4 Å². The fourth-order valence-electron chi connectivity index (χ4n) is 4.10. The number of amides is 1. The number of nitrogens with zero attached hydrogens (tertiary/aromatic N) is 3. The fourth-order valence-corrected chi connectivity index (χ4v) is 4.85. The van der Waals surface area contributed by atoms with Crippen molar-refractivity contribution < 1.29 is 13.6 Å². The van der Waals surface area contributed by atoms with Gasteiger partial charge in [0.15, 0.2) is 0 Å². The Labute approximate surface area is 177 Å². The third-order valence-corrected chi connectivity index (χ3v) is 6.37. The number of furan rings is 1. The summed E-state index contributed by atoms with van der Waals surface area (Å²) >= 11 is 1.43. The lowest BCUT2D eigenvalue weighted by atomic mass is 9.97. The van der Waals surface area contributed by atoms with Gasteiger partial charge < -0.3 is 9.32 Å². The molecule has 152 valence electrons. The van der Waals surface area contributed by atoms with Crippen LogP contribution in [0.3, 0.4) is 0 Å². The molecule has 0 saturated carbocycles. The van der Waals surface area contributed by atoms with Gasteiger partial charge in [0.2, 0.25) is 0 Å². The highest BCUT2D eigenvalue weighted by Gasteiger charge is 2.31. The molecule has 1 fully saturated rings. The largest absolute Gasteiger partial charge is 0.461 e. The van der Waals surface area contributed by atoms with Crippen LogP contribution in [0.15, 0.2) is 58.6 Å². The second-order valence-corrected chi connectivity index (χ2v) is 8.35. The Hall–Kier alpha value is -3.06. The van der Waals surface area contributed by atoms with Gasteiger partial charge in [0.05, 0.1) is 16.1 Å². The van der Waals surface area contributed by atoms with Crippen molar-refractivity contribution in [2.24, 2.45) is 0 Å². The number of carbonyl (C=O) groups excluding carboxylic acids is 1. The summed E-state index contributed by atoms with van der Waals surface area (Å²) in [5.41, 5.74) is 3.58. The first-order valence-electron chi connectivity index (χ1n) is 10.0. The van der Waals surface area contributed by atoms with Gasteiger partial charge in [-0.05, 0) is 55.7 Å². The number of hydrogen-bond acceptors (Lipinski definition) is 5. The smallest absolute Gasteiger partial charge is 0.274 e. The molecular weight excluding hydrogens is 401 g/mol. The summed E-state index contributed by atoms with van der Waals surface area (Å²) in [7, 11) is 0. The number of thiazole rings is 1. The number of fused-ring (bicyclic) bond motifs is 1. The van der Waals surface area contributed by atoms with Crippen molar-refractivity contribution in [3.63, 3.8) is 0 Å². The summed E-state index contributed by atoms with van der Waals surface area (Å²) in [6.45, 7) is 0.692. The maximum Gasteiger partial charge on any atom is 0.274 e. The quantitative estimate of drug-likeness (QED) is 0.447. The highest BCUT2D eigenvalue weighted by atomic mass is 32.1. The first kappa shape index (κ1) is 18.9. The topological polar surface area (TPSA) is 59.2 Å². The van der Waals surface area contributed by atoms with E-state index < -0.39 is 0 Å². The van der Waals surface area contributed by atoms with Crippen molar-refractivity contribution in [3.8, 4) is 10.6 Å². The van der Waals surface area contributed by atoms with Crippen LogP contribution in [0.25, 0.3) is 21.5 Å². The lowest BCUT2D eigenvalue weighted by Crippen LogP contribution is -2.45. The van der Waals surface area contributed by atoms with Gasteiger partial charge in [-0.25, -0.2) is 9.37 Å². The third-order valence-electron chi connectivity index (χ3n) is 5.52. The average molecular weight is 421 g/mol. The van der Waals surface area contributed by atoms with E-state index in [0.29, 0.717) is 24.2 Å². The van der Waals surface area contributed by atoms with Gasteiger partial charge in [-0.3, -0.25) is 9.78 Å². The molecule has 0 radical (unpaired) electrons. The Balaban J connectivity index is 1.41. The van der Waals surface area contributed by atoms with Crippen LogP contribution in [0.4, 0.5) is 4.39 Å². The molecule has 3 aromatic heterocycles. The van der Waals surface area contributed by atoms with Gasteiger partial charge >= 0.3 is 0 Å². The van der Waals surface area contributed by atoms with Crippen molar-refractivity contribution in [2.75, 3.05) is 6.54 Å². The summed E-state index contributed by atoms with van der Waals surface area (Å²) in [6, 6.07) is 12.1. The monoisotopic (exact) mass is 421 g/mol. The molecule has 1 amide bonds. The minimum Gasteiger partial charge on any atom is -0.461 e. The molecule has 1 aliphatic heterocycles. The maximum atomic E-state index is 13.5. The first-order valence-corrected chi connectivity index (χ1v) is 10.9. The van der Waals surface area contributed by atoms with E-state index in [1.54, 1.807) is 17.8 Å². The van der Waals surface area contributed by atoms with Crippen LogP contribution < -0.4 is 0 Å².